The van der Waals surface area contributed by atoms with Crippen LogP contribution in [0.3, 0.4) is 0 Å². The minimum atomic E-state index is -0.420. The summed E-state index contributed by atoms with van der Waals surface area (Å²) in [5, 5.41) is 14.4. The van der Waals surface area contributed by atoms with E-state index in [-0.39, 0.29) is 11.3 Å². The molecule has 0 heterocycles. The van der Waals surface area contributed by atoms with E-state index in [9.17, 15) is 14.9 Å². The summed E-state index contributed by atoms with van der Waals surface area (Å²) in [5.74, 6) is 0.219. The zero-order valence-corrected chi connectivity index (χ0v) is 16.2. The molecule has 0 atom stereocenters. The van der Waals surface area contributed by atoms with E-state index in [0.29, 0.717) is 23.2 Å². The van der Waals surface area contributed by atoms with Gasteiger partial charge < -0.3 is 15.0 Å². The fraction of sp³-hybridized carbons (Fsp3) is 0.381. The third-order valence-electron chi connectivity index (χ3n) is 5.26. The minimum Gasteiger partial charge on any atom is -0.497 e. The van der Waals surface area contributed by atoms with Crippen LogP contribution in [-0.4, -0.2) is 31.0 Å². The quantitative estimate of drug-likeness (QED) is 0.581. The minimum absolute atomic E-state index is 0.0497. The number of nitrogens with one attached hydrogen (secondary N) is 1. The largest absolute Gasteiger partial charge is 0.497 e. The second-order valence-electron chi connectivity index (χ2n) is 7.05. The first-order chi connectivity index (χ1) is 13.5. The van der Waals surface area contributed by atoms with Crippen LogP contribution in [0.1, 0.15) is 42.5 Å². The molecule has 0 spiro atoms. The summed E-state index contributed by atoms with van der Waals surface area (Å²) in [6.45, 7) is 0. The average Bonchev–Trinajstić information content (AvgIpc) is 2.73. The van der Waals surface area contributed by atoms with Crippen molar-refractivity contribution >= 4 is 23.0 Å². The Hall–Kier alpha value is -3.09. The Morgan fingerprint density at radius 2 is 1.93 bits per heavy atom. The van der Waals surface area contributed by atoms with Gasteiger partial charge in [-0.1, -0.05) is 25.3 Å². The van der Waals surface area contributed by atoms with Gasteiger partial charge in [-0.15, -0.1) is 0 Å². The molecule has 2 aromatic rings. The summed E-state index contributed by atoms with van der Waals surface area (Å²) in [6.07, 6.45) is 5.57. The molecule has 1 saturated carbocycles. The summed E-state index contributed by atoms with van der Waals surface area (Å²) < 4.78 is 5.15. The van der Waals surface area contributed by atoms with Gasteiger partial charge in [0.1, 0.15) is 11.4 Å². The third-order valence-corrected chi connectivity index (χ3v) is 5.26. The number of hydrogen-bond donors (Lipinski definition) is 1. The molecule has 28 heavy (non-hydrogen) atoms. The van der Waals surface area contributed by atoms with Crippen molar-refractivity contribution < 1.29 is 14.5 Å². The smallest absolute Gasteiger partial charge is 0.293 e. The number of nitro benzene ring substituents is 1. The Kier molecular flexibility index (Phi) is 6.13. The highest BCUT2D eigenvalue weighted by Gasteiger charge is 2.25. The van der Waals surface area contributed by atoms with Crippen LogP contribution in [0.4, 0.5) is 17.1 Å². The Morgan fingerprint density at radius 3 is 2.61 bits per heavy atom. The third kappa shape index (κ3) is 4.42. The molecule has 1 aliphatic carbocycles. The van der Waals surface area contributed by atoms with Gasteiger partial charge in [-0.05, 0) is 37.1 Å². The van der Waals surface area contributed by atoms with Crippen LogP contribution in [0.5, 0.6) is 5.75 Å². The van der Waals surface area contributed by atoms with E-state index in [4.69, 9.17) is 4.74 Å². The van der Waals surface area contributed by atoms with E-state index in [1.165, 1.54) is 12.5 Å². The lowest BCUT2D eigenvalue weighted by atomic mass is 9.94. The van der Waals surface area contributed by atoms with E-state index >= 15 is 0 Å². The van der Waals surface area contributed by atoms with Gasteiger partial charge in [0, 0.05) is 36.5 Å². The second-order valence-corrected chi connectivity index (χ2v) is 7.05. The first-order valence-electron chi connectivity index (χ1n) is 9.46. The first kappa shape index (κ1) is 19.7. The number of amides is 1. The Labute approximate surface area is 164 Å². The molecule has 1 amide bonds. The van der Waals surface area contributed by atoms with E-state index < -0.39 is 10.8 Å². The van der Waals surface area contributed by atoms with Crippen LogP contribution >= 0.6 is 0 Å². The van der Waals surface area contributed by atoms with Crippen molar-refractivity contribution in [2.24, 2.45) is 0 Å². The van der Waals surface area contributed by atoms with Gasteiger partial charge in [-0.2, -0.15) is 0 Å². The number of nitro groups is 1. The molecule has 1 aliphatic rings. The normalized spacial score (nSPS) is 14.4. The van der Waals surface area contributed by atoms with Crippen LogP contribution in [0.2, 0.25) is 0 Å². The number of benzene rings is 2. The molecular weight excluding hydrogens is 358 g/mol. The molecule has 1 fully saturated rings. The maximum absolute atomic E-state index is 12.6. The van der Waals surface area contributed by atoms with Crippen LogP contribution in [0.25, 0.3) is 0 Å². The monoisotopic (exact) mass is 383 g/mol. The van der Waals surface area contributed by atoms with E-state index in [2.05, 4.69) is 5.32 Å². The van der Waals surface area contributed by atoms with Crippen molar-refractivity contribution in [3.05, 3.63) is 58.1 Å². The number of hydrogen-bond acceptors (Lipinski definition) is 5. The van der Waals surface area contributed by atoms with Gasteiger partial charge in [0.15, 0.2) is 0 Å². The molecule has 0 bridgehead atoms. The summed E-state index contributed by atoms with van der Waals surface area (Å²) >= 11 is 0. The molecule has 0 radical (unpaired) electrons. The summed E-state index contributed by atoms with van der Waals surface area (Å²) in [5.41, 5.74) is 1.31. The lowest BCUT2D eigenvalue weighted by molar-refractivity contribution is -0.384. The molecule has 1 N–H and O–H groups in total. The summed E-state index contributed by atoms with van der Waals surface area (Å²) in [4.78, 5) is 25.8. The second kappa shape index (κ2) is 8.73. The number of methoxy groups -OCH3 is 1. The van der Waals surface area contributed by atoms with E-state index in [1.54, 1.807) is 43.5 Å². The molecule has 0 saturated heterocycles. The van der Waals surface area contributed by atoms with E-state index in [1.807, 2.05) is 11.9 Å². The zero-order chi connectivity index (χ0) is 20.1. The van der Waals surface area contributed by atoms with Crippen molar-refractivity contribution in [1.82, 2.24) is 0 Å². The van der Waals surface area contributed by atoms with Gasteiger partial charge in [0.05, 0.1) is 12.0 Å². The molecule has 148 valence electrons. The van der Waals surface area contributed by atoms with Gasteiger partial charge in [-0.25, -0.2) is 0 Å². The highest BCUT2D eigenvalue weighted by atomic mass is 16.6. The highest BCUT2D eigenvalue weighted by molar-refractivity contribution is 6.05. The summed E-state index contributed by atoms with van der Waals surface area (Å²) in [6, 6.07) is 11.9. The fourth-order valence-corrected chi connectivity index (χ4v) is 3.68. The number of rotatable bonds is 6. The molecular formula is C21H25N3O4. The van der Waals surface area contributed by atoms with Gasteiger partial charge in [0.2, 0.25) is 0 Å². The number of carbonyl (C=O) groups is 1. The Morgan fingerprint density at radius 1 is 1.18 bits per heavy atom. The maximum atomic E-state index is 12.6. The lowest BCUT2D eigenvalue weighted by Gasteiger charge is -2.32. The predicted octanol–water partition coefficient (Wildman–Crippen LogP) is 4.62. The topological polar surface area (TPSA) is 84.7 Å². The maximum Gasteiger partial charge on any atom is 0.293 e. The van der Waals surface area contributed by atoms with Gasteiger partial charge in [0.25, 0.3) is 11.6 Å². The number of ether oxygens (including phenoxy) is 1. The molecule has 7 nitrogen and oxygen atoms in total. The van der Waals surface area contributed by atoms with Crippen molar-refractivity contribution in [3.8, 4) is 5.75 Å². The van der Waals surface area contributed by atoms with Crippen molar-refractivity contribution in [2.45, 2.75) is 38.1 Å². The lowest BCUT2D eigenvalue weighted by Crippen LogP contribution is -2.33. The molecule has 0 unspecified atom stereocenters. The fourth-order valence-electron chi connectivity index (χ4n) is 3.68. The standard InChI is InChI=1S/C21H25N3O4/c1-23(17-8-4-3-5-9-17)19-12-11-15(13-20(19)24(26)27)21(25)22-16-7-6-10-18(14-16)28-2/h6-7,10-14,17H,3-5,8-9H2,1-2H3,(H,22,25). The van der Waals surface area contributed by atoms with Gasteiger partial charge in [-0.3, -0.25) is 14.9 Å². The van der Waals surface area contributed by atoms with Crippen molar-refractivity contribution in [2.75, 3.05) is 24.4 Å². The Balaban J connectivity index is 1.83. The van der Waals surface area contributed by atoms with Crippen LogP contribution in [0, 0.1) is 10.1 Å². The SMILES string of the molecule is COc1cccc(NC(=O)c2ccc(N(C)C3CCCCC3)c([N+](=O)[O-])c2)c1. The predicted molar refractivity (Wildman–Crippen MR) is 109 cm³/mol. The van der Waals surface area contributed by atoms with Crippen molar-refractivity contribution in [1.29, 1.82) is 0 Å². The zero-order valence-electron chi connectivity index (χ0n) is 16.2. The highest BCUT2D eigenvalue weighted by Crippen LogP contribution is 2.33. The molecule has 0 aliphatic heterocycles. The number of anilines is 2. The molecule has 2 aromatic carbocycles. The average molecular weight is 383 g/mol. The molecule has 0 aromatic heterocycles. The molecule has 7 heteroatoms. The van der Waals surface area contributed by atoms with Gasteiger partial charge >= 0.3 is 0 Å². The van der Waals surface area contributed by atoms with Crippen molar-refractivity contribution in [3.63, 3.8) is 0 Å². The first-order valence-corrected chi connectivity index (χ1v) is 9.46. The summed E-state index contributed by atoms with van der Waals surface area (Å²) in [7, 11) is 3.44. The van der Waals surface area contributed by atoms with E-state index in [0.717, 1.165) is 25.7 Å². The van der Waals surface area contributed by atoms with Crippen LogP contribution < -0.4 is 15.0 Å². The Bertz CT molecular complexity index is 862. The molecule has 3 rings (SSSR count). The van der Waals surface area contributed by atoms with Crippen LogP contribution in [-0.2, 0) is 0 Å². The number of carbonyl (C=O) groups excluding carboxylic acids is 1. The number of nitrogens with zero attached hydrogens (tertiary/aromatic N) is 2. The van der Waals surface area contributed by atoms with Crippen LogP contribution in [0.15, 0.2) is 42.5 Å².